The molecule has 1 rings (SSSR count). The van der Waals surface area contributed by atoms with Crippen molar-refractivity contribution in [1.29, 1.82) is 5.26 Å². The van der Waals surface area contributed by atoms with Crippen LogP contribution in [0.15, 0.2) is 18.2 Å². The van der Waals surface area contributed by atoms with Gasteiger partial charge in [0.1, 0.15) is 6.04 Å². The first-order valence-corrected chi connectivity index (χ1v) is 5.38. The maximum atomic E-state index is 11.4. The number of hydrogen-bond donors (Lipinski definition) is 3. The van der Waals surface area contributed by atoms with E-state index >= 15 is 0 Å². The van der Waals surface area contributed by atoms with E-state index in [4.69, 9.17) is 22.6 Å². The molecule has 7 heteroatoms. The maximum Gasteiger partial charge on any atom is 0.318 e. The van der Waals surface area contributed by atoms with Gasteiger partial charge in [0.05, 0.1) is 22.3 Å². The minimum atomic E-state index is -0.917. The van der Waals surface area contributed by atoms with Crippen LogP contribution in [0.2, 0.25) is 5.02 Å². The summed E-state index contributed by atoms with van der Waals surface area (Å²) in [5.41, 5.74) is 5.74. The smallest absolute Gasteiger partial charge is 0.318 e. The Morgan fingerprint density at radius 2 is 2.17 bits per heavy atom. The molecule has 0 fully saturated rings. The molecule has 0 saturated carbocycles. The van der Waals surface area contributed by atoms with Gasteiger partial charge in [-0.1, -0.05) is 11.6 Å². The highest BCUT2D eigenvalue weighted by molar-refractivity contribution is 6.33. The lowest BCUT2D eigenvalue weighted by Gasteiger charge is -2.15. The number of benzene rings is 1. The van der Waals surface area contributed by atoms with Crippen molar-refractivity contribution in [1.82, 2.24) is 5.32 Å². The molecule has 6 nitrogen and oxygen atoms in total. The van der Waals surface area contributed by atoms with Crippen molar-refractivity contribution in [2.45, 2.75) is 13.0 Å². The van der Waals surface area contributed by atoms with E-state index in [0.29, 0.717) is 16.3 Å². The number of nitrogens with one attached hydrogen (secondary N) is 2. The number of halogens is 1. The van der Waals surface area contributed by atoms with Gasteiger partial charge in [-0.05, 0) is 25.1 Å². The van der Waals surface area contributed by atoms with Gasteiger partial charge in [0, 0.05) is 0 Å². The van der Waals surface area contributed by atoms with E-state index in [0.717, 1.165) is 0 Å². The van der Waals surface area contributed by atoms with Gasteiger partial charge in [0.2, 0.25) is 5.91 Å². The highest BCUT2D eigenvalue weighted by Gasteiger charge is 2.15. The van der Waals surface area contributed by atoms with Crippen molar-refractivity contribution < 1.29 is 9.59 Å². The number of nitrogens with two attached hydrogens (primary N) is 1. The number of nitrogens with zero attached hydrogens (tertiary/aromatic N) is 1. The molecule has 1 unspecified atom stereocenters. The zero-order valence-corrected chi connectivity index (χ0v) is 10.3. The number of primary amides is 1. The van der Waals surface area contributed by atoms with E-state index in [1.807, 2.05) is 11.4 Å². The molecule has 1 aromatic rings. The third kappa shape index (κ3) is 3.64. The number of hydrogen-bond acceptors (Lipinski definition) is 4. The Morgan fingerprint density at radius 1 is 1.50 bits per heavy atom. The van der Waals surface area contributed by atoms with Crippen LogP contribution in [0, 0.1) is 11.3 Å². The fourth-order valence-corrected chi connectivity index (χ4v) is 1.47. The van der Waals surface area contributed by atoms with Crippen LogP contribution in [0.25, 0.3) is 0 Å². The number of carbonyl (C=O) groups is 2. The number of rotatable bonds is 3. The Balaban J connectivity index is 2.76. The van der Waals surface area contributed by atoms with Gasteiger partial charge in [0.25, 0.3) is 0 Å². The van der Waals surface area contributed by atoms with E-state index in [1.165, 1.54) is 6.07 Å². The first kappa shape index (κ1) is 13.8. The summed E-state index contributed by atoms with van der Waals surface area (Å²) in [7, 11) is 0. The molecule has 0 heterocycles. The normalized spacial score (nSPS) is 11.2. The zero-order valence-electron chi connectivity index (χ0n) is 9.53. The van der Waals surface area contributed by atoms with Gasteiger partial charge >= 0.3 is 6.03 Å². The Hall–Kier alpha value is -2.26. The van der Waals surface area contributed by atoms with E-state index in [2.05, 4.69) is 5.32 Å². The minimum Gasteiger partial charge on any atom is -0.373 e. The predicted octanol–water partition coefficient (Wildman–Crippen LogP) is 1.21. The second kappa shape index (κ2) is 5.89. The molecule has 0 aliphatic rings. The first-order chi connectivity index (χ1) is 8.43. The van der Waals surface area contributed by atoms with Crippen LogP contribution in [0.3, 0.4) is 0 Å². The van der Waals surface area contributed by atoms with Gasteiger partial charge in [-0.25, -0.2) is 4.79 Å². The average molecular weight is 267 g/mol. The molecule has 4 N–H and O–H groups in total. The van der Waals surface area contributed by atoms with E-state index in [1.54, 1.807) is 19.1 Å². The number of anilines is 1. The molecule has 0 saturated heterocycles. The number of amides is 3. The lowest BCUT2D eigenvalue weighted by molar-refractivity contribution is -0.120. The van der Waals surface area contributed by atoms with Crippen molar-refractivity contribution in [2.75, 3.05) is 5.32 Å². The van der Waals surface area contributed by atoms with Crippen LogP contribution in [0.4, 0.5) is 10.5 Å². The molecule has 1 aromatic carbocycles. The van der Waals surface area contributed by atoms with Crippen molar-refractivity contribution in [3.8, 4) is 6.07 Å². The van der Waals surface area contributed by atoms with Crippen molar-refractivity contribution >= 4 is 29.2 Å². The quantitative estimate of drug-likeness (QED) is 0.764. The molecule has 0 bridgehead atoms. The molecule has 0 spiro atoms. The van der Waals surface area contributed by atoms with Crippen LogP contribution < -0.4 is 16.4 Å². The average Bonchev–Trinajstić information content (AvgIpc) is 2.30. The topological polar surface area (TPSA) is 108 Å². The molecule has 3 amide bonds. The SMILES string of the molecule is CC(Nc1ccc(C#N)cc1Cl)C(=O)NC(N)=O. The number of nitriles is 1. The third-order valence-corrected chi connectivity index (χ3v) is 2.42. The molecule has 18 heavy (non-hydrogen) atoms. The Labute approximate surface area is 109 Å². The lowest BCUT2D eigenvalue weighted by Crippen LogP contribution is -2.43. The number of urea groups is 1. The molecule has 94 valence electrons. The number of carbonyl (C=O) groups excluding carboxylic acids is 2. The number of imide groups is 1. The molecular formula is C11H11ClN4O2. The van der Waals surface area contributed by atoms with Gasteiger partial charge in [-0.2, -0.15) is 5.26 Å². The summed E-state index contributed by atoms with van der Waals surface area (Å²) < 4.78 is 0. The van der Waals surface area contributed by atoms with Gasteiger partial charge in [-0.3, -0.25) is 10.1 Å². The van der Waals surface area contributed by atoms with E-state index in [9.17, 15) is 9.59 Å². The third-order valence-electron chi connectivity index (χ3n) is 2.11. The zero-order chi connectivity index (χ0) is 13.7. The molecule has 0 aromatic heterocycles. The van der Waals surface area contributed by atoms with Gasteiger partial charge in [-0.15, -0.1) is 0 Å². The second-order valence-corrected chi connectivity index (χ2v) is 3.93. The Morgan fingerprint density at radius 3 is 2.67 bits per heavy atom. The maximum absolute atomic E-state index is 11.4. The fraction of sp³-hybridized carbons (Fsp3) is 0.182. The summed E-state index contributed by atoms with van der Waals surface area (Å²) in [5.74, 6) is -0.567. The highest BCUT2D eigenvalue weighted by atomic mass is 35.5. The van der Waals surface area contributed by atoms with Crippen LogP contribution in [-0.4, -0.2) is 18.0 Å². The molecule has 0 aliphatic heterocycles. The van der Waals surface area contributed by atoms with Crippen molar-refractivity contribution in [3.63, 3.8) is 0 Å². The first-order valence-electron chi connectivity index (χ1n) is 5.00. The lowest BCUT2D eigenvalue weighted by atomic mass is 10.2. The van der Waals surface area contributed by atoms with Crippen LogP contribution in [0.5, 0.6) is 0 Å². The van der Waals surface area contributed by atoms with Crippen molar-refractivity contribution in [2.24, 2.45) is 5.73 Å². The summed E-state index contributed by atoms with van der Waals surface area (Å²) in [4.78, 5) is 21.9. The van der Waals surface area contributed by atoms with Crippen LogP contribution in [0.1, 0.15) is 12.5 Å². The largest absolute Gasteiger partial charge is 0.373 e. The van der Waals surface area contributed by atoms with Gasteiger partial charge in [0.15, 0.2) is 0 Å². The fourth-order valence-electron chi connectivity index (χ4n) is 1.23. The Bertz CT molecular complexity index is 524. The summed E-state index contributed by atoms with van der Waals surface area (Å²) >= 11 is 5.93. The van der Waals surface area contributed by atoms with Crippen LogP contribution in [-0.2, 0) is 4.79 Å². The standard InChI is InChI=1S/C11H11ClN4O2/c1-6(10(17)16-11(14)18)15-9-3-2-7(5-13)4-8(9)12/h2-4,6,15H,1H3,(H3,14,16,17,18). The molecule has 1 atom stereocenters. The summed E-state index contributed by atoms with van der Waals surface area (Å²) in [5, 5.41) is 13.7. The predicted molar refractivity (Wildman–Crippen MR) is 67.0 cm³/mol. The highest BCUT2D eigenvalue weighted by Crippen LogP contribution is 2.23. The summed E-state index contributed by atoms with van der Waals surface area (Å²) in [6.45, 7) is 1.55. The van der Waals surface area contributed by atoms with E-state index < -0.39 is 18.0 Å². The second-order valence-electron chi connectivity index (χ2n) is 3.53. The summed E-state index contributed by atoms with van der Waals surface area (Å²) in [6.07, 6.45) is 0. The monoisotopic (exact) mass is 266 g/mol. The minimum absolute atomic E-state index is 0.313. The van der Waals surface area contributed by atoms with Crippen LogP contribution >= 0.6 is 11.6 Å². The Kier molecular flexibility index (Phi) is 4.52. The molecule has 0 radical (unpaired) electrons. The van der Waals surface area contributed by atoms with E-state index in [-0.39, 0.29) is 0 Å². The molecule has 0 aliphatic carbocycles. The summed E-state index contributed by atoms with van der Waals surface area (Å²) in [6, 6.07) is 4.95. The molecular weight excluding hydrogens is 256 g/mol. The van der Waals surface area contributed by atoms with Crippen molar-refractivity contribution in [3.05, 3.63) is 28.8 Å². The van der Waals surface area contributed by atoms with Gasteiger partial charge < -0.3 is 11.1 Å².